The van der Waals surface area contributed by atoms with Crippen LogP contribution in [0, 0.1) is 0 Å². The number of hydrogen-bond donors (Lipinski definition) is 5. The van der Waals surface area contributed by atoms with E-state index in [-0.39, 0.29) is 12.2 Å². The van der Waals surface area contributed by atoms with E-state index >= 15 is 0 Å². The minimum Gasteiger partial charge on any atom is -0.475 e. The number of benzene rings is 3. The number of rotatable bonds is 10. The molecule has 11 nitrogen and oxygen atoms in total. The smallest absolute Gasteiger partial charge is 0.475 e. The fraction of sp³-hybridized carbons (Fsp3) is 0.154. The molecule has 8 N–H and O–H groups in total. The summed E-state index contributed by atoms with van der Waals surface area (Å²) in [5, 5.41) is 10.6. The van der Waals surface area contributed by atoms with Crippen molar-refractivity contribution in [2.45, 2.75) is 24.4 Å². The lowest BCUT2D eigenvalue weighted by atomic mass is 9.98. The van der Waals surface area contributed by atoms with Crippen molar-refractivity contribution in [1.29, 1.82) is 0 Å². The highest BCUT2D eigenvalue weighted by Crippen LogP contribution is 2.24. The number of nitrogens with zero attached hydrogens (tertiary/aromatic N) is 1. The molecule has 2 amide bonds. The van der Waals surface area contributed by atoms with Crippen molar-refractivity contribution in [3.05, 3.63) is 95.1 Å². The molecule has 0 aliphatic rings. The average Bonchev–Trinajstić information content (AvgIpc) is 2.88. The third-order valence-corrected chi connectivity index (χ3v) is 6.69. The molecule has 0 heterocycles. The van der Waals surface area contributed by atoms with Gasteiger partial charge in [0, 0.05) is 5.56 Å². The van der Waals surface area contributed by atoms with Crippen LogP contribution in [0.1, 0.15) is 27.0 Å². The van der Waals surface area contributed by atoms with Crippen molar-refractivity contribution in [3.63, 3.8) is 0 Å². The molecule has 218 valence electrons. The van der Waals surface area contributed by atoms with Gasteiger partial charge in [0.15, 0.2) is 0 Å². The molecule has 15 heteroatoms. The van der Waals surface area contributed by atoms with Crippen LogP contribution in [-0.4, -0.2) is 49.7 Å². The number of alkyl halides is 3. The van der Waals surface area contributed by atoms with Gasteiger partial charge in [-0.2, -0.15) is 18.3 Å². The third-order valence-electron chi connectivity index (χ3n) is 5.34. The summed E-state index contributed by atoms with van der Waals surface area (Å²) in [7, 11) is -3.89. The van der Waals surface area contributed by atoms with Gasteiger partial charge in [0.1, 0.15) is 6.04 Å². The molecule has 0 saturated heterocycles. The number of carboxylic acid groups (broad SMARTS) is 1. The van der Waals surface area contributed by atoms with Gasteiger partial charge in [-0.25, -0.2) is 17.9 Å². The number of halogens is 3. The fourth-order valence-electron chi connectivity index (χ4n) is 3.53. The summed E-state index contributed by atoms with van der Waals surface area (Å²) in [6, 6.07) is 19.5. The van der Waals surface area contributed by atoms with Crippen LogP contribution in [0.2, 0.25) is 0 Å². The number of carbonyl (C=O) groups excluding carboxylic acids is 2. The van der Waals surface area contributed by atoms with Gasteiger partial charge in [-0.15, -0.1) is 0 Å². The molecule has 3 aromatic rings. The van der Waals surface area contributed by atoms with Crippen molar-refractivity contribution in [2.24, 2.45) is 22.4 Å². The highest BCUT2D eigenvalue weighted by atomic mass is 32.2. The van der Waals surface area contributed by atoms with E-state index < -0.39 is 40.0 Å². The number of carbonyl (C=O) groups is 3. The van der Waals surface area contributed by atoms with Crippen molar-refractivity contribution in [3.8, 4) is 11.1 Å². The van der Waals surface area contributed by atoms with Crippen LogP contribution in [0.15, 0.2) is 77.9 Å². The topological polar surface area (TPSA) is 208 Å². The van der Waals surface area contributed by atoms with E-state index in [9.17, 15) is 31.2 Å². The van der Waals surface area contributed by atoms with Gasteiger partial charge < -0.3 is 22.4 Å². The van der Waals surface area contributed by atoms with Gasteiger partial charge in [0.2, 0.25) is 21.8 Å². The Morgan fingerprint density at radius 1 is 0.951 bits per heavy atom. The maximum Gasteiger partial charge on any atom is 0.490 e. The van der Waals surface area contributed by atoms with Crippen LogP contribution in [0.4, 0.5) is 13.2 Å². The molecule has 0 aliphatic carbocycles. The minimum atomic E-state index is -5.08. The molecule has 0 aromatic heterocycles. The second-order valence-corrected chi connectivity index (χ2v) is 10.2. The Bertz CT molecular complexity index is 1530. The summed E-state index contributed by atoms with van der Waals surface area (Å²) in [6.45, 7) is 0. The van der Waals surface area contributed by atoms with Crippen molar-refractivity contribution in [2.75, 3.05) is 0 Å². The molecule has 0 aliphatic heterocycles. The number of aliphatic carboxylic acids is 1. The Morgan fingerprint density at radius 3 is 2.10 bits per heavy atom. The molecule has 0 spiro atoms. The number of primary amides is 2. The first kappa shape index (κ1) is 32.5. The van der Waals surface area contributed by atoms with Crippen LogP contribution in [0.5, 0.6) is 0 Å². The van der Waals surface area contributed by atoms with Gasteiger partial charge in [0.05, 0.1) is 12.0 Å². The molecule has 0 fully saturated rings. The van der Waals surface area contributed by atoms with Crippen LogP contribution in [-0.2, 0) is 31.8 Å². The summed E-state index contributed by atoms with van der Waals surface area (Å²) < 4.78 is 59.6. The summed E-state index contributed by atoms with van der Waals surface area (Å²) in [5.74, 6) is 0.710. The van der Waals surface area contributed by atoms with E-state index in [2.05, 4.69) is 9.82 Å². The van der Waals surface area contributed by atoms with Gasteiger partial charge >= 0.3 is 12.1 Å². The zero-order chi connectivity index (χ0) is 30.8. The summed E-state index contributed by atoms with van der Waals surface area (Å²) in [5.41, 5.74) is 14.5. The lowest BCUT2D eigenvalue weighted by Crippen LogP contribution is -2.46. The summed E-state index contributed by atoms with van der Waals surface area (Å²) in [6.07, 6.45) is -3.57. The van der Waals surface area contributed by atoms with Gasteiger partial charge in [-0.1, -0.05) is 66.7 Å². The van der Waals surface area contributed by atoms with Crippen LogP contribution in [0.3, 0.4) is 0 Å². The molecule has 0 bridgehead atoms. The Kier molecular flexibility index (Phi) is 11.1. The maximum atomic E-state index is 12.8. The minimum absolute atomic E-state index is 0.0731. The second-order valence-electron chi connectivity index (χ2n) is 8.47. The molecule has 3 rings (SSSR count). The molecule has 1 unspecified atom stereocenters. The predicted molar refractivity (Wildman–Crippen MR) is 145 cm³/mol. The second kappa shape index (κ2) is 14.0. The lowest BCUT2D eigenvalue weighted by Gasteiger charge is -2.16. The molecule has 41 heavy (non-hydrogen) atoms. The number of carboxylic acids is 1. The summed E-state index contributed by atoms with van der Waals surface area (Å²) >= 11 is 0. The van der Waals surface area contributed by atoms with E-state index in [1.807, 2.05) is 0 Å². The monoisotopic (exact) mass is 593 g/mol. The Hall–Kier alpha value is -4.76. The predicted octanol–water partition coefficient (Wildman–Crippen LogP) is 1.89. The highest BCUT2D eigenvalue weighted by molar-refractivity contribution is 7.88. The lowest BCUT2D eigenvalue weighted by molar-refractivity contribution is -0.192. The SMILES string of the molecule is N/N=C\c1cccc(CC(NS(=O)(=O)Cc2ccc(-c3ccccc3C(N)=O)cc2)C(N)=O)c1.O=C(O)C(F)(F)F. The van der Waals surface area contributed by atoms with Crippen molar-refractivity contribution < 1.29 is 41.1 Å². The largest absolute Gasteiger partial charge is 0.490 e. The van der Waals surface area contributed by atoms with E-state index in [4.69, 9.17) is 27.2 Å². The first-order valence-electron chi connectivity index (χ1n) is 11.5. The van der Waals surface area contributed by atoms with E-state index in [0.717, 1.165) is 5.56 Å². The third kappa shape index (κ3) is 10.4. The van der Waals surface area contributed by atoms with Crippen molar-refractivity contribution in [1.82, 2.24) is 4.72 Å². The first-order valence-corrected chi connectivity index (χ1v) is 13.2. The molecule has 3 aromatic carbocycles. The number of nitrogens with one attached hydrogen (secondary N) is 1. The Labute approximate surface area is 232 Å². The molecular formula is C26H26F3N5O6S. The van der Waals surface area contributed by atoms with Crippen LogP contribution in [0.25, 0.3) is 11.1 Å². The van der Waals surface area contributed by atoms with Crippen molar-refractivity contribution >= 4 is 34.0 Å². The first-order chi connectivity index (χ1) is 19.1. The van der Waals surface area contributed by atoms with Gasteiger partial charge in [-0.05, 0) is 40.3 Å². The molecule has 0 radical (unpaired) electrons. The normalized spacial score (nSPS) is 12.3. The van der Waals surface area contributed by atoms with E-state index in [1.54, 1.807) is 72.8 Å². The Balaban J connectivity index is 0.000000745. The average molecular weight is 594 g/mol. The zero-order valence-electron chi connectivity index (χ0n) is 21.2. The van der Waals surface area contributed by atoms with E-state index in [1.165, 1.54) is 6.21 Å². The standard InChI is InChI=1S/C24H25N5O4S.C2HF3O2/c25-23(30)21-7-2-1-6-20(21)19-10-8-16(9-11-19)15-34(32,33)29-22(24(26)31)13-17-4-3-5-18(12-17)14-28-27;3-2(4,5)1(6)7/h1-12,14,22,29H,13,15,27H2,(H2,25,30)(H2,26,31);(H,6,7)/b28-14-;. The quantitative estimate of drug-likeness (QED) is 0.134. The Morgan fingerprint density at radius 2 is 1.56 bits per heavy atom. The highest BCUT2D eigenvalue weighted by Gasteiger charge is 2.38. The van der Waals surface area contributed by atoms with Gasteiger partial charge in [0.25, 0.3) is 0 Å². The molecular weight excluding hydrogens is 567 g/mol. The summed E-state index contributed by atoms with van der Waals surface area (Å²) in [4.78, 5) is 32.5. The fourth-order valence-corrected chi connectivity index (χ4v) is 4.88. The number of nitrogens with two attached hydrogens (primary N) is 3. The maximum absolute atomic E-state index is 12.8. The van der Waals surface area contributed by atoms with Crippen LogP contribution < -0.4 is 22.0 Å². The molecule has 1 atom stereocenters. The zero-order valence-corrected chi connectivity index (χ0v) is 22.0. The van der Waals surface area contributed by atoms with Crippen LogP contribution >= 0.6 is 0 Å². The number of hydrazone groups is 1. The van der Waals surface area contributed by atoms with E-state index in [0.29, 0.717) is 27.8 Å². The number of sulfonamides is 1. The number of hydrogen-bond acceptors (Lipinski definition) is 7. The van der Waals surface area contributed by atoms with Gasteiger partial charge in [-0.3, -0.25) is 9.59 Å². The number of amides is 2. The molecule has 0 saturated carbocycles.